The predicted molar refractivity (Wildman–Crippen MR) is 91.9 cm³/mol. The second kappa shape index (κ2) is 8.61. The van der Waals surface area contributed by atoms with Crippen LogP contribution in [0.5, 0.6) is 11.5 Å². The van der Waals surface area contributed by atoms with Crippen molar-refractivity contribution in [2.75, 3.05) is 20.3 Å². The van der Waals surface area contributed by atoms with Gasteiger partial charge in [0.1, 0.15) is 5.75 Å². The van der Waals surface area contributed by atoms with Crippen molar-refractivity contribution in [3.05, 3.63) is 63.7 Å². The van der Waals surface area contributed by atoms with Gasteiger partial charge in [0.15, 0.2) is 18.1 Å². The Hall–Kier alpha value is -3.42. The molecule has 26 heavy (non-hydrogen) atoms. The van der Waals surface area contributed by atoms with E-state index in [4.69, 9.17) is 9.47 Å². The number of ether oxygens (including phenoxy) is 3. The third kappa shape index (κ3) is 4.56. The second-order valence-corrected chi connectivity index (χ2v) is 5.10. The molecule has 2 aromatic carbocycles. The van der Waals surface area contributed by atoms with E-state index in [0.29, 0.717) is 17.9 Å². The van der Waals surface area contributed by atoms with Crippen molar-refractivity contribution in [3.8, 4) is 11.5 Å². The molecular weight excluding hydrogens is 342 g/mol. The molecule has 0 spiro atoms. The third-order valence-electron chi connectivity index (χ3n) is 3.42. The van der Waals surface area contributed by atoms with Gasteiger partial charge in [0, 0.05) is 11.6 Å². The molecule has 0 unspecified atom stereocenters. The lowest BCUT2D eigenvalue weighted by Crippen LogP contribution is -2.12. The minimum atomic E-state index is -0.704. The van der Waals surface area contributed by atoms with Crippen molar-refractivity contribution in [2.24, 2.45) is 0 Å². The van der Waals surface area contributed by atoms with Gasteiger partial charge in [-0.15, -0.1) is 0 Å². The van der Waals surface area contributed by atoms with Crippen LogP contribution in [-0.2, 0) is 4.74 Å². The number of ketones is 1. The Morgan fingerprint density at radius 2 is 1.69 bits per heavy atom. The van der Waals surface area contributed by atoms with Crippen molar-refractivity contribution >= 4 is 17.4 Å². The summed E-state index contributed by atoms with van der Waals surface area (Å²) in [5.74, 6) is -0.523. The van der Waals surface area contributed by atoms with Gasteiger partial charge in [-0.25, -0.2) is 4.79 Å². The molecule has 8 heteroatoms. The molecule has 136 valence electrons. The highest BCUT2D eigenvalue weighted by Gasteiger charge is 2.20. The van der Waals surface area contributed by atoms with Crippen molar-refractivity contribution in [1.29, 1.82) is 0 Å². The van der Waals surface area contributed by atoms with Gasteiger partial charge in [-0.2, -0.15) is 0 Å². The van der Waals surface area contributed by atoms with Gasteiger partial charge >= 0.3 is 11.7 Å². The van der Waals surface area contributed by atoms with Crippen LogP contribution >= 0.6 is 0 Å². The number of carbonyl (C=O) groups is 2. The van der Waals surface area contributed by atoms with Crippen LogP contribution in [0.1, 0.15) is 27.6 Å². The van der Waals surface area contributed by atoms with Crippen LogP contribution in [0.4, 0.5) is 5.69 Å². The molecule has 0 aliphatic carbocycles. The number of nitro groups is 1. The highest BCUT2D eigenvalue weighted by atomic mass is 16.6. The molecule has 8 nitrogen and oxygen atoms in total. The first kappa shape index (κ1) is 18.9. The average Bonchev–Trinajstić information content (AvgIpc) is 2.66. The fraction of sp³-hybridized carbons (Fsp3) is 0.222. The first-order chi connectivity index (χ1) is 12.5. The minimum Gasteiger partial charge on any atom is -0.494 e. The molecule has 2 aromatic rings. The minimum absolute atomic E-state index is 0.0180. The highest BCUT2D eigenvalue weighted by Crippen LogP contribution is 2.28. The first-order valence-electron chi connectivity index (χ1n) is 7.72. The normalized spacial score (nSPS) is 10.1. The first-order valence-corrected chi connectivity index (χ1v) is 7.72. The lowest BCUT2D eigenvalue weighted by Gasteiger charge is -2.08. The maximum Gasteiger partial charge on any atom is 0.338 e. The Morgan fingerprint density at radius 3 is 2.27 bits per heavy atom. The van der Waals surface area contributed by atoms with Gasteiger partial charge < -0.3 is 14.2 Å². The molecule has 0 amide bonds. The molecule has 0 heterocycles. The maximum atomic E-state index is 12.2. The smallest absolute Gasteiger partial charge is 0.338 e. The van der Waals surface area contributed by atoms with E-state index < -0.39 is 16.6 Å². The maximum absolute atomic E-state index is 12.2. The van der Waals surface area contributed by atoms with Crippen molar-refractivity contribution < 1.29 is 28.7 Å². The number of Topliss-reactive ketones (excluding diaryl/α,β-unsaturated/α-hetero) is 1. The lowest BCUT2D eigenvalue weighted by atomic mass is 10.1. The summed E-state index contributed by atoms with van der Waals surface area (Å²) < 4.78 is 15.1. The SMILES string of the molecule is CCOc1ccc(C(=O)COc2ccc(C(=O)OC)cc2[N+](=O)[O-])cc1. The topological polar surface area (TPSA) is 105 Å². The summed E-state index contributed by atoms with van der Waals surface area (Å²) in [5.41, 5.74) is -0.0147. The average molecular weight is 359 g/mol. The molecule has 0 bridgehead atoms. The molecule has 0 N–H and O–H groups in total. The van der Waals surface area contributed by atoms with Crippen LogP contribution in [0.25, 0.3) is 0 Å². The van der Waals surface area contributed by atoms with Gasteiger partial charge in [-0.3, -0.25) is 14.9 Å². The number of carbonyl (C=O) groups excluding carboxylic acids is 2. The monoisotopic (exact) mass is 359 g/mol. The van der Waals surface area contributed by atoms with Gasteiger partial charge in [-0.05, 0) is 43.3 Å². The fourth-order valence-electron chi connectivity index (χ4n) is 2.16. The summed E-state index contributed by atoms with van der Waals surface area (Å²) in [6.45, 7) is 1.99. The molecule has 0 fully saturated rings. The zero-order valence-corrected chi connectivity index (χ0v) is 14.3. The van der Waals surface area contributed by atoms with Crippen LogP contribution in [0, 0.1) is 10.1 Å². The fourth-order valence-corrected chi connectivity index (χ4v) is 2.16. The van der Waals surface area contributed by atoms with Gasteiger partial charge in [0.25, 0.3) is 0 Å². The summed E-state index contributed by atoms with van der Waals surface area (Å²) in [5, 5.41) is 11.2. The molecule has 0 saturated carbocycles. The standard InChI is InChI=1S/C18H17NO7/c1-3-25-14-7-4-12(5-8-14)16(20)11-26-17-9-6-13(18(21)24-2)10-15(17)19(22)23/h4-10H,3,11H2,1-2H3. The lowest BCUT2D eigenvalue weighted by molar-refractivity contribution is -0.385. The van der Waals surface area contributed by atoms with Crippen molar-refractivity contribution in [2.45, 2.75) is 6.92 Å². The number of nitro benzene ring substituents is 1. The summed E-state index contributed by atoms with van der Waals surface area (Å²) in [6, 6.07) is 10.1. The number of nitrogens with zero attached hydrogens (tertiary/aromatic N) is 1. The quantitative estimate of drug-likeness (QED) is 0.309. The van der Waals surface area contributed by atoms with Crippen LogP contribution in [0.15, 0.2) is 42.5 Å². The second-order valence-electron chi connectivity index (χ2n) is 5.10. The number of benzene rings is 2. The van der Waals surface area contributed by atoms with Gasteiger partial charge in [0.05, 0.1) is 24.2 Å². The molecule has 0 saturated heterocycles. The zero-order valence-electron chi connectivity index (χ0n) is 14.3. The number of hydrogen-bond donors (Lipinski definition) is 0. The molecular formula is C18H17NO7. The molecule has 2 rings (SSSR count). The van der Waals surface area contributed by atoms with E-state index in [9.17, 15) is 19.7 Å². The van der Waals surface area contributed by atoms with Gasteiger partial charge in [0.2, 0.25) is 0 Å². The Kier molecular flexibility index (Phi) is 6.26. The Morgan fingerprint density at radius 1 is 1.04 bits per heavy atom. The largest absolute Gasteiger partial charge is 0.494 e. The van der Waals surface area contributed by atoms with Crippen LogP contribution in [0.3, 0.4) is 0 Å². The Labute approximate surface area is 149 Å². The van der Waals surface area contributed by atoms with Crippen LogP contribution in [-0.4, -0.2) is 37.0 Å². The summed E-state index contributed by atoms with van der Waals surface area (Å²) in [6.07, 6.45) is 0. The predicted octanol–water partition coefficient (Wildman–Crippen LogP) is 3.04. The van der Waals surface area contributed by atoms with E-state index in [1.54, 1.807) is 24.3 Å². The van der Waals surface area contributed by atoms with E-state index in [2.05, 4.69) is 4.74 Å². The molecule has 0 atom stereocenters. The van der Waals surface area contributed by atoms with Crippen LogP contribution < -0.4 is 9.47 Å². The highest BCUT2D eigenvalue weighted by molar-refractivity contribution is 5.97. The number of methoxy groups -OCH3 is 1. The molecule has 0 aromatic heterocycles. The summed E-state index contributed by atoms with van der Waals surface area (Å²) in [4.78, 5) is 34.1. The number of rotatable bonds is 8. The van der Waals surface area contributed by atoms with Crippen molar-refractivity contribution in [1.82, 2.24) is 0 Å². The van der Waals surface area contributed by atoms with E-state index in [0.717, 1.165) is 6.07 Å². The molecule has 0 aliphatic rings. The van der Waals surface area contributed by atoms with Crippen LogP contribution in [0.2, 0.25) is 0 Å². The summed E-state index contributed by atoms with van der Waals surface area (Å²) >= 11 is 0. The molecule has 0 aliphatic heterocycles. The summed E-state index contributed by atoms with van der Waals surface area (Å²) in [7, 11) is 1.17. The number of hydrogen-bond acceptors (Lipinski definition) is 7. The molecule has 0 radical (unpaired) electrons. The van der Waals surface area contributed by atoms with Gasteiger partial charge in [-0.1, -0.05) is 0 Å². The Balaban J connectivity index is 2.11. The van der Waals surface area contributed by atoms with E-state index >= 15 is 0 Å². The van der Waals surface area contributed by atoms with E-state index in [1.807, 2.05) is 6.92 Å². The van der Waals surface area contributed by atoms with E-state index in [-0.39, 0.29) is 23.7 Å². The van der Waals surface area contributed by atoms with Crippen molar-refractivity contribution in [3.63, 3.8) is 0 Å². The zero-order chi connectivity index (χ0) is 19.1. The van der Waals surface area contributed by atoms with E-state index in [1.165, 1.54) is 19.2 Å². The Bertz CT molecular complexity index is 815. The number of esters is 1. The third-order valence-corrected chi connectivity index (χ3v) is 3.42.